The summed E-state index contributed by atoms with van der Waals surface area (Å²) >= 11 is 1.90. The fraction of sp³-hybridized carbons (Fsp3) is 0.857. The lowest BCUT2D eigenvalue weighted by molar-refractivity contribution is 0.625. The van der Waals surface area contributed by atoms with Crippen molar-refractivity contribution in [2.45, 2.75) is 68.1 Å². The van der Waals surface area contributed by atoms with Gasteiger partial charge in [0.15, 0.2) is 5.16 Å². The number of nitrogens with one attached hydrogen (secondary N) is 1. The van der Waals surface area contributed by atoms with Crippen molar-refractivity contribution in [1.29, 1.82) is 0 Å². The van der Waals surface area contributed by atoms with E-state index in [-0.39, 0.29) is 0 Å². The second kappa shape index (κ2) is 5.09. The minimum Gasteiger partial charge on any atom is -0.314 e. The van der Waals surface area contributed by atoms with Crippen LogP contribution in [0.1, 0.15) is 62.7 Å². The van der Waals surface area contributed by atoms with Crippen LogP contribution in [0.5, 0.6) is 0 Å². The Bertz CT molecular complexity index is 446. The summed E-state index contributed by atoms with van der Waals surface area (Å²) in [6, 6.07) is 1.55. The van der Waals surface area contributed by atoms with Gasteiger partial charge < -0.3 is 9.88 Å². The predicted octanol–water partition coefficient (Wildman–Crippen LogP) is 2.72. The van der Waals surface area contributed by atoms with Crippen molar-refractivity contribution in [2.24, 2.45) is 0 Å². The maximum absolute atomic E-state index is 4.45. The summed E-state index contributed by atoms with van der Waals surface area (Å²) in [5, 5.41) is 13.6. The molecule has 4 nitrogen and oxygen atoms in total. The summed E-state index contributed by atoms with van der Waals surface area (Å²) in [5.74, 6) is 3.16. The van der Waals surface area contributed by atoms with Crippen LogP contribution in [0.2, 0.25) is 0 Å². The second-order valence-electron chi connectivity index (χ2n) is 6.15. The quantitative estimate of drug-likeness (QED) is 0.586. The van der Waals surface area contributed by atoms with E-state index >= 15 is 0 Å². The van der Waals surface area contributed by atoms with E-state index in [0.717, 1.165) is 30.3 Å². The smallest absolute Gasteiger partial charge is 0.191 e. The van der Waals surface area contributed by atoms with Crippen molar-refractivity contribution >= 4 is 11.8 Å². The molecule has 3 aliphatic rings. The van der Waals surface area contributed by atoms with Gasteiger partial charge in [0.2, 0.25) is 0 Å². The summed E-state index contributed by atoms with van der Waals surface area (Å²) in [5.41, 5.74) is 0. The maximum atomic E-state index is 4.45. The molecule has 3 aliphatic carbocycles. The van der Waals surface area contributed by atoms with E-state index in [1.165, 1.54) is 55.9 Å². The lowest BCUT2D eigenvalue weighted by atomic mass is 10.4. The molecule has 0 aliphatic heterocycles. The van der Waals surface area contributed by atoms with Gasteiger partial charge in [0.1, 0.15) is 5.82 Å². The molecule has 1 N–H and O–H groups in total. The van der Waals surface area contributed by atoms with Crippen molar-refractivity contribution in [2.75, 3.05) is 12.3 Å². The standard InChI is InChI=1S/C14H22N4S/c1(8-15-11-4-5-11)9-19-14-17-16-13(10-2-3-10)18(14)12-6-7-12/h10-12,15H,1-9H2. The highest BCUT2D eigenvalue weighted by atomic mass is 32.2. The minimum absolute atomic E-state index is 0.720. The van der Waals surface area contributed by atoms with Crippen LogP contribution in [-0.4, -0.2) is 33.1 Å². The van der Waals surface area contributed by atoms with Crippen LogP contribution in [0.3, 0.4) is 0 Å². The van der Waals surface area contributed by atoms with Crippen LogP contribution in [0.4, 0.5) is 0 Å². The average molecular weight is 278 g/mol. The zero-order valence-electron chi connectivity index (χ0n) is 11.3. The van der Waals surface area contributed by atoms with Gasteiger partial charge in [-0.25, -0.2) is 0 Å². The van der Waals surface area contributed by atoms with Gasteiger partial charge in [0.25, 0.3) is 0 Å². The van der Waals surface area contributed by atoms with E-state index < -0.39 is 0 Å². The van der Waals surface area contributed by atoms with Crippen LogP contribution in [0.15, 0.2) is 5.16 Å². The summed E-state index contributed by atoms with van der Waals surface area (Å²) in [6.45, 7) is 1.16. The van der Waals surface area contributed by atoms with Gasteiger partial charge in [-0.15, -0.1) is 10.2 Å². The van der Waals surface area contributed by atoms with Crippen molar-refractivity contribution in [3.63, 3.8) is 0 Å². The summed E-state index contributed by atoms with van der Waals surface area (Å²) in [4.78, 5) is 0. The van der Waals surface area contributed by atoms with E-state index in [2.05, 4.69) is 20.1 Å². The first-order chi connectivity index (χ1) is 9.42. The van der Waals surface area contributed by atoms with Gasteiger partial charge in [-0.05, 0) is 51.5 Å². The number of rotatable bonds is 8. The molecule has 0 unspecified atom stereocenters. The Morgan fingerprint density at radius 3 is 2.63 bits per heavy atom. The van der Waals surface area contributed by atoms with Crippen LogP contribution in [0, 0.1) is 0 Å². The van der Waals surface area contributed by atoms with Crippen LogP contribution < -0.4 is 5.32 Å². The number of hydrogen-bond donors (Lipinski definition) is 1. The molecule has 0 aromatic carbocycles. The molecule has 0 saturated heterocycles. The Balaban J connectivity index is 1.31. The zero-order valence-corrected chi connectivity index (χ0v) is 12.2. The fourth-order valence-electron chi connectivity index (χ4n) is 2.51. The highest BCUT2D eigenvalue weighted by Crippen LogP contribution is 2.45. The first-order valence-electron chi connectivity index (χ1n) is 7.73. The molecule has 4 rings (SSSR count). The first-order valence-corrected chi connectivity index (χ1v) is 8.71. The molecule has 1 aromatic rings. The number of aromatic nitrogens is 3. The summed E-state index contributed by atoms with van der Waals surface area (Å²) in [7, 11) is 0. The SMILES string of the molecule is C(CNC1CC1)CSc1nnc(C2CC2)n1C1CC1. The molecule has 3 saturated carbocycles. The van der Waals surface area contributed by atoms with Crippen molar-refractivity contribution < 1.29 is 0 Å². The van der Waals surface area contributed by atoms with Crippen molar-refractivity contribution in [1.82, 2.24) is 20.1 Å². The molecular formula is C14H22N4S. The van der Waals surface area contributed by atoms with Crippen LogP contribution >= 0.6 is 11.8 Å². The third-order valence-electron chi connectivity index (χ3n) is 4.11. The lowest BCUT2D eigenvalue weighted by Crippen LogP contribution is -2.17. The van der Waals surface area contributed by atoms with E-state index in [9.17, 15) is 0 Å². The van der Waals surface area contributed by atoms with E-state index in [1.807, 2.05) is 11.8 Å². The Kier molecular flexibility index (Phi) is 3.27. The Morgan fingerprint density at radius 1 is 1.11 bits per heavy atom. The van der Waals surface area contributed by atoms with Crippen molar-refractivity contribution in [3.05, 3.63) is 5.82 Å². The van der Waals surface area contributed by atoms with Gasteiger partial charge in [0, 0.05) is 23.8 Å². The van der Waals surface area contributed by atoms with E-state index in [4.69, 9.17) is 0 Å². The molecule has 0 amide bonds. The first kappa shape index (κ1) is 12.2. The van der Waals surface area contributed by atoms with Gasteiger partial charge in [0.05, 0.1) is 0 Å². The number of hydrogen-bond acceptors (Lipinski definition) is 4. The second-order valence-corrected chi connectivity index (χ2v) is 7.21. The zero-order chi connectivity index (χ0) is 12.7. The molecule has 104 valence electrons. The molecule has 1 aromatic heterocycles. The highest BCUT2D eigenvalue weighted by molar-refractivity contribution is 7.99. The van der Waals surface area contributed by atoms with E-state index in [0.29, 0.717) is 0 Å². The number of thioether (sulfide) groups is 1. The average Bonchev–Trinajstić information content (AvgIpc) is 3.24. The Hall–Kier alpha value is -0.550. The largest absolute Gasteiger partial charge is 0.314 e. The molecule has 5 heteroatoms. The summed E-state index contributed by atoms with van der Waals surface area (Å²) in [6.07, 6.45) is 9.30. The number of nitrogens with zero attached hydrogens (tertiary/aromatic N) is 3. The Labute approximate surface area is 118 Å². The van der Waals surface area contributed by atoms with Crippen LogP contribution in [-0.2, 0) is 0 Å². The molecule has 0 atom stereocenters. The highest BCUT2D eigenvalue weighted by Gasteiger charge is 2.36. The molecule has 1 heterocycles. The van der Waals surface area contributed by atoms with E-state index in [1.54, 1.807) is 0 Å². The maximum Gasteiger partial charge on any atom is 0.191 e. The normalized spacial score (nSPS) is 22.9. The molecule has 0 spiro atoms. The lowest BCUT2D eigenvalue weighted by Gasteiger charge is -2.08. The topological polar surface area (TPSA) is 42.7 Å². The molecule has 3 fully saturated rings. The van der Waals surface area contributed by atoms with Gasteiger partial charge in [-0.3, -0.25) is 0 Å². The molecule has 0 bridgehead atoms. The Morgan fingerprint density at radius 2 is 1.95 bits per heavy atom. The molecule has 19 heavy (non-hydrogen) atoms. The third-order valence-corrected chi connectivity index (χ3v) is 5.14. The van der Waals surface area contributed by atoms with Gasteiger partial charge in [-0.1, -0.05) is 11.8 Å². The predicted molar refractivity (Wildman–Crippen MR) is 76.6 cm³/mol. The molecular weight excluding hydrogens is 256 g/mol. The minimum atomic E-state index is 0.720. The van der Waals surface area contributed by atoms with Crippen LogP contribution in [0.25, 0.3) is 0 Å². The third kappa shape index (κ3) is 2.97. The summed E-state index contributed by atoms with van der Waals surface area (Å²) < 4.78 is 2.46. The molecule has 0 radical (unpaired) electrons. The van der Waals surface area contributed by atoms with Gasteiger partial charge >= 0.3 is 0 Å². The van der Waals surface area contributed by atoms with Crippen molar-refractivity contribution in [3.8, 4) is 0 Å². The monoisotopic (exact) mass is 278 g/mol. The van der Waals surface area contributed by atoms with Gasteiger partial charge in [-0.2, -0.15) is 0 Å². The fourth-order valence-corrected chi connectivity index (χ4v) is 3.46.